The summed E-state index contributed by atoms with van der Waals surface area (Å²) < 4.78 is 27.7. The van der Waals surface area contributed by atoms with Gasteiger partial charge in [-0.3, -0.25) is 0 Å². The number of aliphatic hydroxyl groups is 1. The van der Waals surface area contributed by atoms with Gasteiger partial charge in [0.2, 0.25) is 0 Å². The average Bonchev–Trinajstić information content (AvgIpc) is 2.67. The number of aliphatic hydroxyl groups excluding tert-OH is 1. The molecule has 1 aliphatic carbocycles. The minimum absolute atomic E-state index is 0.0122. The molecule has 2 rings (SSSR count). The predicted octanol–water partition coefficient (Wildman–Crippen LogP) is 6.50. The summed E-state index contributed by atoms with van der Waals surface area (Å²) in [5.41, 5.74) is 5.23. The summed E-state index contributed by atoms with van der Waals surface area (Å²) in [5, 5.41) is 8.43. The number of aryl methyl sites for hydroxylation is 1. The van der Waals surface area contributed by atoms with Crippen molar-refractivity contribution in [3.63, 3.8) is 0 Å². The molecule has 0 spiro atoms. The third-order valence-corrected chi connectivity index (χ3v) is 8.33. The molecular weight excluding hydrogens is 404 g/mol. The molecule has 170 valence electrons. The van der Waals surface area contributed by atoms with Crippen LogP contribution in [0, 0.1) is 12.3 Å². The number of benzene rings is 1. The number of rotatable bonds is 8. The van der Waals surface area contributed by atoms with E-state index in [-0.39, 0.29) is 12.0 Å². The molecular formula is C27H38O3S. The van der Waals surface area contributed by atoms with Gasteiger partial charge in [0.15, 0.2) is 9.84 Å². The van der Waals surface area contributed by atoms with Crippen LogP contribution in [-0.2, 0) is 9.84 Å². The molecule has 0 fully saturated rings. The van der Waals surface area contributed by atoms with Crippen LogP contribution in [0.5, 0.6) is 0 Å². The minimum atomic E-state index is -3.53. The van der Waals surface area contributed by atoms with Crippen LogP contribution >= 0.6 is 0 Å². The number of hydrogen-bond donors (Lipinski definition) is 1. The van der Waals surface area contributed by atoms with Gasteiger partial charge in [-0.1, -0.05) is 72.6 Å². The lowest BCUT2D eigenvalue weighted by molar-refractivity contribution is 0.342. The minimum Gasteiger partial charge on any atom is -0.392 e. The Hall–Kier alpha value is -1.91. The molecule has 1 aromatic rings. The number of hydrogen-bond acceptors (Lipinski definition) is 3. The molecule has 1 N–H and O–H groups in total. The van der Waals surface area contributed by atoms with Crippen molar-refractivity contribution in [1.82, 2.24) is 0 Å². The fourth-order valence-corrected chi connectivity index (χ4v) is 6.71. The molecule has 31 heavy (non-hydrogen) atoms. The van der Waals surface area contributed by atoms with Gasteiger partial charge < -0.3 is 5.11 Å². The van der Waals surface area contributed by atoms with Gasteiger partial charge in [0.05, 0.1) is 16.8 Å². The monoisotopic (exact) mass is 442 g/mol. The molecule has 0 saturated carbocycles. The second kappa shape index (κ2) is 10.6. The van der Waals surface area contributed by atoms with E-state index in [0.717, 1.165) is 41.5 Å². The Bertz CT molecular complexity index is 987. The van der Waals surface area contributed by atoms with Crippen LogP contribution in [-0.4, -0.2) is 25.4 Å². The van der Waals surface area contributed by atoms with Crippen molar-refractivity contribution in [2.24, 2.45) is 5.41 Å². The van der Waals surface area contributed by atoms with E-state index in [1.54, 1.807) is 18.2 Å². The molecule has 0 aromatic heterocycles. The van der Waals surface area contributed by atoms with Gasteiger partial charge in [-0.15, -0.1) is 0 Å². The first-order valence-electron chi connectivity index (χ1n) is 11.1. The van der Waals surface area contributed by atoms with E-state index in [9.17, 15) is 8.42 Å². The molecule has 0 saturated heterocycles. The van der Waals surface area contributed by atoms with Gasteiger partial charge in [0.1, 0.15) is 0 Å². The van der Waals surface area contributed by atoms with Crippen LogP contribution in [0.1, 0.15) is 65.9 Å². The summed E-state index contributed by atoms with van der Waals surface area (Å²) in [6.45, 7) is 12.4. The van der Waals surface area contributed by atoms with E-state index < -0.39 is 15.1 Å². The summed E-state index contributed by atoms with van der Waals surface area (Å²) >= 11 is 0. The smallest absolute Gasteiger partial charge is 0.185 e. The van der Waals surface area contributed by atoms with Gasteiger partial charge in [0, 0.05) is 0 Å². The largest absolute Gasteiger partial charge is 0.392 e. The molecule has 3 nitrogen and oxygen atoms in total. The molecule has 0 radical (unpaired) electrons. The molecule has 4 heteroatoms. The topological polar surface area (TPSA) is 54.4 Å². The van der Waals surface area contributed by atoms with Crippen LogP contribution in [0.25, 0.3) is 0 Å². The zero-order valence-electron chi connectivity index (χ0n) is 19.9. The van der Waals surface area contributed by atoms with Crippen molar-refractivity contribution in [2.75, 3.05) is 6.61 Å². The lowest BCUT2D eigenvalue weighted by atomic mass is 9.71. The first-order chi connectivity index (χ1) is 14.5. The summed E-state index contributed by atoms with van der Waals surface area (Å²) in [6, 6.07) is 7.23. The van der Waals surface area contributed by atoms with Crippen LogP contribution in [0.15, 0.2) is 75.8 Å². The lowest BCUT2D eigenvalue weighted by Crippen LogP contribution is -2.34. The summed E-state index contributed by atoms with van der Waals surface area (Å²) in [4.78, 5) is 0.398. The summed E-state index contributed by atoms with van der Waals surface area (Å²) in [6.07, 6.45) is 11.1. The van der Waals surface area contributed by atoms with E-state index in [1.807, 2.05) is 51.1 Å². The Kier molecular flexibility index (Phi) is 8.67. The fourth-order valence-electron chi connectivity index (χ4n) is 4.55. The highest BCUT2D eigenvalue weighted by molar-refractivity contribution is 7.92. The molecule has 0 amide bonds. The highest BCUT2D eigenvalue weighted by Gasteiger charge is 2.40. The van der Waals surface area contributed by atoms with Crippen LogP contribution in [0.2, 0.25) is 0 Å². The summed E-state index contributed by atoms with van der Waals surface area (Å²) in [7, 11) is -3.53. The highest BCUT2D eigenvalue weighted by atomic mass is 32.2. The second-order valence-electron chi connectivity index (χ2n) is 9.49. The third kappa shape index (κ3) is 6.54. The predicted molar refractivity (Wildman–Crippen MR) is 131 cm³/mol. The van der Waals surface area contributed by atoms with Crippen molar-refractivity contribution < 1.29 is 13.5 Å². The molecule has 1 aliphatic rings. The van der Waals surface area contributed by atoms with Gasteiger partial charge in [-0.2, -0.15) is 0 Å². The van der Waals surface area contributed by atoms with Crippen LogP contribution in [0.4, 0.5) is 0 Å². The first kappa shape index (κ1) is 25.4. The maximum Gasteiger partial charge on any atom is 0.185 e. The Labute approximate surface area is 189 Å². The van der Waals surface area contributed by atoms with Crippen LogP contribution < -0.4 is 0 Å². The van der Waals surface area contributed by atoms with E-state index in [1.165, 1.54) is 5.57 Å². The fraction of sp³-hybridized carbons (Fsp3) is 0.481. The van der Waals surface area contributed by atoms with E-state index in [4.69, 9.17) is 5.11 Å². The zero-order chi connectivity index (χ0) is 23.2. The standard InChI is InChI=1S/C27H38O3S/c1-20(16-18-28)9-7-10-22(3)19-25(26-23(4)11-8-17-27(26,5)6)31(29,30)24-14-12-21(2)13-15-24/h7,9-10,12-16,25,28H,8,11,17-19H2,1-6H3/b9-7+,20-16+,22-10+. The van der Waals surface area contributed by atoms with Crippen LogP contribution in [0.3, 0.4) is 0 Å². The highest BCUT2D eigenvalue weighted by Crippen LogP contribution is 2.46. The van der Waals surface area contributed by atoms with Gasteiger partial charge in [-0.05, 0) is 76.5 Å². The Morgan fingerprint density at radius 2 is 1.81 bits per heavy atom. The molecule has 1 unspecified atom stereocenters. The van der Waals surface area contributed by atoms with Crippen molar-refractivity contribution >= 4 is 9.84 Å². The third-order valence-electron chi connectivity index (χ3n) is 6.25. The quantitative estimate of drug-likeness (QED) is 0.369. The molecule has 0 aliphatic heterocycles. The van der Waals surface area contributed by atoms with E-state index in [0.29, 0.717) is 11.3 Å². The maximum atomic E-state index is 13.9. The zero-order valence-corrected chi connectivity index (χ0v) is 20.7. The number of sulfone groups is 1. The molecule has 1 aromatic carbocycles. The number of allylic oxidation sites excluding steroid dienone is 6. The van der Waals surface area contributed by atoms with Gasteiger partial charge in [0.25, 0.3) is 0 Å². The van der Waals surface area contributed by atoms with Gasteiger partial charge >= 0.3 is 0 Å². The average molecular weight is 443 g/mol. The van der Waals surface area contributed by atoms with Gasteiger partial charge in [-0.25, -0.2) is 8.42 Å². The van der Waals surface area contributed by atoms with E-state index in [2.05, 4.69) is 20.8 Å². The van der Waals surface area contributed by atoms with E-state index >= 15 is 0 Å². The lowest BCUT2D eigenvalue weighted by Gasteiger charge is -2.39. The second-order valence-corrected chi connectivity index (χ2v) is 11.6. The molecule has 0 heterocycles. The molecule has 1 atom stereocenters. The van der Waals surface area contributed by atoms with Crippen molar-refractivity contribution in [2.45, 2.75) is 77.4 Å². The molecule has 0 bridgehead atoms. The normalized spacial score (nSPS) is 19.2. The van der Waals surface area contributed by atoms with Crippen molar-refractivity contribution in [1.29, 1.82) is 0 Å². The Morgan fingerprint density at radius 1 is 1.16 bits per heavy atom. The van der Waals surface area contributed by atoms with Crippen molar-refractivity contribution in [3.05, 3.63) is 76.4 Å². The Morgan fingerprint density at radius 3 is 2.39 bits per heavy atom. The van der Waals surface area contributed by atoms with Crippen molar-refractivity contribution in [3.8, 4) is 0 Å². The Balaban J connectivity index is 2.51. The maximum absolute atomic E-state index is 13.9. The first-order valence-corrected chi connectivity index (χ1v) is 12.7. The summed E-state index contributed by atoms with van der Waals surface area (Å²) in [5.74, 6) is 0. The SMILES string of the molecule is CC1=C(C(C/C(C)=C/C=C/C(C)=C/CO)S(=O)(=O)c2ccc(C)cc2)C(C)(C)CCC1.